The summed E-state index contributed by atoms with van der Waals surface area (Å²) >= 11 is 0. The van der Waals surface area contributed by atoms with Gasteiger partial charge in [0.05, 0.1) is 7.05 Å². The summed E-state index contributed by atoms with van der Waals surface area (Å²) in [5.74, 6) is 0.996. The zero-order chi connectivity index (χ0) is 7.84. The first-order valence-electron chi connectivity index (χ1n) is 3.63. The molecule has 0 saturated carbocycles. The Morgan fingerprint density at radius 2 is 2.33 bits per heavy atom. The van der Waals surface area contributed by atoms with Gasteiger partial charge in [-0.25, -0.2) is 9.98 Å². The first-order chi connectivity index (χ1) is 5.27. The highest BCUT2D eigenvalue weighted by molar-refractivity contribution is 6.06. The van der Waals surface area contributed by atoms with Crippen molar-refractivity contribution in [3.63, 3.8) is 0 Å². The Morgan fingerprint density at radius 3 is 3.08 bits per heavy atom. The molecule has 0 amide bonds. The summed E-state index contributed by atoms with van der Waals surface area (Å²) in [6.07, 6.45) is 3.69. The van der Waals surface area contributed by atoms with E-state index in [1.165, 1.54) is 4.90 Å². The molecule has 0 bridgehead atoms. The molecule has 4 nitrogen and oxygen atoms in total. The Hall–Kier alpha value is -0.430. The van der Waals surface area contributed by atoms with Gasteiger partial charge < -0.3 is 28.9 Å². The van der Waals surface area contributed by atoms with Crippen LogP contribution in [0.25, 0.3) is 0 Å². The summed E-state index contributed by atoms with van der Waals surface area (Å²) < 4.78 is 0. The largest absolute Gasteiger partial charge is 1.00 e. The molecule has 0 aliphatic carbocycles. The number of nitrogens with zero attached hydrogens (tertiary/aromatic N) is 3. The fourth-order valence-electron chi connectivity index (χ4n) is 1.39. The Balaban J connectivity index is 0.000000720. The van der Waals surface area contributed by atoms with Crippen LogP contribution in [0.2, 0.25) is 0 Å². The molecule has 0 fully saturated rings. The van der Waals surface area contributed by atoms with E-state index >= 15 is 0 Å². The lowest BCUT2D eigenvalue weighted by atomic mass is 10.3. The highest BCUT2D eigenvalue weighted by Gasteiger charge is 2.23. The summed E-state index contributed by atoms with van der Waals surface area (Å²) in [5, 5.41) is 0. The smallest absolute Gasteiger partial charge is 0.165 e. The standard InChI is InChI=1S/C7H10N4.HI/c1-10-3-6-7(9-4-8-6)11(2)5-10;/h3-4H,5H2,1-2H3;1H. The second-order valence-electron chi connectivity index (χ2n) is 2.93. The average molecular weight is 278 g/mol. The van der Waals surface area contributed by atoms with E-state index in [-0.39, 0.29) is 24.0 Å². The quantitative estimate of drug-likeness (QED) is 0.447. The first-order valence-corrected chi connectivity index (χ1v) is 3.63. The highest BCUT2D eigenvalue weighted by atomic mass is 127. The average Bonchev–Trinajstić information content (AvgIpc) is 2.34. The number of aliphatic imine (C=N–C) groups is 2. The molecule has 0 saturated heterocycles. The molecule has 0 spiro atoms. The van der Waals surface area contributed by atoms with Crippen molar-refractivity contribution < 1.29 is 28.9 Å². The predicted molar refractivity (Wildman–Crippen MR) is 43.5 cm³/mol. The number of likely N-dealkylation sites (N-methyl/N-ethyl adjacent to an activating group) is 1. The van der Waals surface area contributed by atoms with Crippen molar-refractivity contribution in [1.82, 2.24) is 4.90 Å². The Labute approximate surface area is 88.7 Å². The molecule has 2 heterocycles. The van der Waals surface area contributed by atoms with Gasteiger partial charge in [-0.3, -0.25) is 4.90 Å². The topological polar surface area (TPSA) is 32.4 Å². The van der Waals surface area contributed by atoms with Crippen molar-refractivity contribution in [3.05, 3.63) is 11.9 Å². The minimum absolute atomic E-state index is 0. The van der Waals surface area contributed by atoms with E-state index in [0.29, 0.717) is 0 Å². The zero-order valence-electron chi connectivity index (χ0n) is 7.08. The van der Waals surface area contributed by atoms with Crippen LogP contribution in [0.3, 0.4) is 0 Å². The predicted octanol–water partition coefficient (Wildman–Crippen LogP) is -4.31. The fraction of sp³-hybridized carbons (Fsp3) is 0.429. The van der Waals surface area contributed by atoms with E-state index in [1.54, 1.807) is 6.34 Å². The third kappa shape index (κ3) is 1.51. The highest BCUT2D eigenvalue weighted by Crippen LogP contribution is 2.08. The van der Waals surface area contributed by atoms with Crippen LogP contribution in [0, 0.1) is 0 Å². The molecule has 12 heavy (non-hydrogen) atoms. The summed E-state index contributed by atoms with van der Waals surface area (Å²) in [4.78, 5) is 11.7. The molecule has 1 N–H and O–H groups in total. The van der Waals surface area contributed by atoms with Gasteiger partial charge in [-0.1, -0.05) is 0 Å². The number of nitrogens with one attached hydrogen (secondary N) is 1. The molecule has 5 heteroatoms. The van der Waals surface area contributed by atoms with Gasteiger partial charge in [-0.2, -0.15) is 0 Å². The van der Waals surface area contributed by atoms with E-state index in [1.807, 2.05) is 7.05 Å². The van der Waals surface area contributed by atoms with Crippen LogP contribution in [0.4, 0.5) is 0 Å². The lowest BCUT2D eigenvalue weighted by Crippen LogP contribution is -3.07. The van der Waals surface area contributed by atoms with Gasteiger partial charge in [0.25, 0.3) is 0 Å². The van der Waals surface area contributed by atoms with Gasteiger partial charge in [0.15, 0.2) is 18.2 Å². The zero-order valence-corrected chi connectivity index (χ0v) is 9.24. The third-order valence-corrected chi connectivity index (χ3v) is 1.84. The minimum Gasteiger partial charge on any atom is -1.00 e. The van der Waals surface area contributed by atoms with E-state index in [4.69, 9.17) is 0 Å². The Bertz CT molecular complexity index is 269. The van der Waals surface area contributed by atoms with Gasteiger partial charge in [0, 0.05) is 7.05 Å². The van der Waals surface area contributed by atoms with E-state index in [9.17, 15) is 0 Å². The van der Waals surface area contributed by atoms with Gasteiger partial charge >= 0.3 is 0 Å². The first kappa shape index (κ1) is 9.66. The van der Waals surface area contributed by atoms with Crippen LogP contribution in [0.1, 0.15) is 0 Å². The van der Waals surface area contributed by atoms with Gasteiger partial charge in [-0.05, 0) is 0 Å². The molecule has 0 aromatic rings. The van der Waals surface area contributed by atoms with Gasteiger partial charge in [0.2, 0.25) is 0 Å². The van der Waals surface area contributed by atoms with Gasteiger partial charge in [-0.15, -0.1) is 0 Å². The lowest BCUT2D eigenvalue weighted by molar-refractivity contribution is -0.836. The molecule has 1 unspecified atom stereocenters. The van der Waals surface area contributed by atoms with E-state index in [0.717, 1.165) is 18.2 Å². The minimum atomic E-state index is 0. The summed E-state index contributed by atoms with van der Waals surface area (Å²) in [7, 11) is 4.14. The van der Waals surface area contributed by atoms with Crippen LogP contribution < -0.4 is 28.9 Å². The normalized spacial score (nSPS) is 25.8. The number of amidine groups is 1. The number of hydrogen-bond donors (Lipinski definition) is 1. The van der Waals surface area contributed by atoms with E-state index in [2.05, 4.69) is 28.1 Å². The van der Waals surface area contributed by atoms with Crippen LogP contribution in [-0.4, -0.2) is 37.8 Å². The van der Waals surface area contributed by atoms with Crippen LogP contribution in [0.5, 0.6) is 0 Å². The maximum absolute atomic E-state index is 4.14. The summed E-state index contributed by atoms with van der Waals surface area (Å²) in [6, 6.07) is 0. The van der Waals surface area contributed by atoms with E-state index < -0.39 is 0 Å². The second kappa shape index (κ2) is 3.53. The van der Waals surface area contributed by atoms with Crippen molar-refractivity contribution in [1.29, 1.82) is 0 Å². The molecular formula is C7H11IN4. The number of fused-ring (bicyclic) bond motifs is 1. The fourth-order valence-corrected chi connectivity index (χ4v) is 1.39. The van der Waals surface area contributed by atoms with Crippen LogP contribution in [-0.2, 0) is 0 Å². The summed E-state index contributed by atoms with van der Waals surface area (Å²) in [6.45, 7) is 0.964. The number of quaternary nitrogens is 1. The SMILES string of the molecule is CN1C[NH+](C)C=C2N=CN=C21.[I-]. The number of rotatable bonds is 0. The maximum atomic E-state index is 4.14. The van der Waals surface area contributed by atoms with Crippen molar-refractivity contribution in [2.24, 2.45) is 9.98 Å². The molecule has 0 aromatic carbocycles. The van der Waals surface area contributed by atoms with Crippen molar-refractivity contribution in [2.45, 2.75) is 0 Å². The molecular weight excluding hydrogens is 267 g/mol. The van der Waals surface area contributed by atoms with Crippen molar-refractivity contribution >= 4 is 12.2 Å². The van der Waals surface area contributed by atoms with Gasteiger partial charge in [0.1, 0.15) is 12.5 Å². The number of hydrogen-bond acceptors (Lipinski definition) is 3. The van der Waals surface area contributed by atoms with Crippen molar-refractivity contribution in [3.8, 4) is 0 Å². The molecule has 66 valence electrons. The molecule has 0 aromatic heterocycles. The van der Waals surface area contributed by atoms with Crippen LogP contribution in [0.15, 0.2) is 21.9 Å². The molecule has 2 rings (SSSR count). The summed E-state index contributed by atoms with van der Waals surface area (Å²) in [5.41, 5.74) is 0.997. The Morgan fingerprint density at radius 1 is 1.58 bits per heavy atom. The van der Waals surface area contributed by atoms with Crippen molar-refractivity contribution in [2.75, 3.05) is 20.8 Å². The Kier molecular flexibility index (Phi) is 2.84. The molecule has 2 aliphatic heterocycles. The second-order valence-corrected chi connectivity index (χ2v) is 2.93. The monoisotopic (exact) mass is 278 g/mol. The molecule has 1 atom stereocenters. The maximum Gasteiger partial charge on any atom is 0.165 e. The lowest BCUT2D eigenvalue weighted by Gasteiger charge is -2.25. The molecule has 0 radical (unpaired) electrons. The number of halogens is 1. The third-order valence-electron chi connectivity index (χ3n) is 1.84. The van der Waals surface area contributed by atoms with Crippen LogP contribution >= 0.6 is 0 Å². The molecule has 2 aliphatic rings.